The van der Waals surface area contributed by atoms with Gasteiger partial charge in [-0.15, -0.1) is 0 Å². The van der Waals surface area contributed by atoms with E-state index in [1.54, 1.807) is 0 Å². The van der Waals surface area contributed by atoms with Gasteiger partial charge in [0, 0.05) is 133 Å². The number of aryl methyl sites for hydroxylation is 5. The lowest BCUT2D eigenvalue weighted by Gasteiger charge is -2.48. The summed E-state index contributed by atoms with van der Waals surface area (Å²) in [4.78, 5) is 21.1. The number of fused-ring (bicyclic) bond motifs is 15. The van der Waals surface area contributed by atoms with Gasteiger partial charge < -0.3 is 49.0 Å². The molecule has 11 aromatic rings. The van der Waals surface area contributed by atoms with E-state index in [1.165, 1.54) is 161 Å². The minimum absolute atomic E-state index is 0. The van der Waals surface area contributed by atoms with Crippen molar-refractivity contribution in [3.05, 3.63) is 391 Å². The minimum atomic E-state index is -2.21. The summed E-state index contributed by atoms with van der Waals surface area (Å²) in [6, 6.07) is 93.3. The third kappa shape index (κ3) is 16.1. The van der Waals surface area contributed by atoms with Gasteiger partial charge in [-0.3, -0.25) is 0 Å². The summed E-state index contributed by atoms with van der Waals surface area (Å²) in [5.41, 5.74) is 33.2. The Morgan fingerprint density at radius 1 is 0.208 bits per heavy atom. The van der Waals surface area contributed by atoms with E-state index in [1.807, 2.05) is 169 Å². The van der Waals surface area contributed by atoms with Gasteiger partial charge >= 0.3 is 0 Å². The van der Waals surface area contributed by atoms with Crippen molar-refractivity contribution >= 4 is 56.9 Å². The molecule has 10 heterocycles. The molecular weight excluding hydrogens is 1750 g/mol. The lowest BCUT2D eigenvalue weighted by atomic mass is 9.55. The molecule has 0 spiro atoms. The molecule has 144 heavy (non-hydrogen) atoms. The molecule has 0 bridgehead atoms. The molecule has 10 nitrogen and oxygen atoms in total. The molecule has 4 aliphatic carbocycles. The van der Waals surface area contributed by atoms with Gasteiger partial charge in [0.15, 0.2) is 0 Å². The fourth-order valence-corrected chi connectivity index (χ4v) is 29.2. The molecule has 0 radical (unpaired) electrons. The van der Waals surface area contributed by atoms with Gasteiger partial charge in [0.05, 0.1) is 28.2 Å². The van der Waals surface area contributed by atoms with Crippen molar-refractivity contribution in [2.45, 2.75) is 355 Å². The third-order valence-corrected chi connectivity index (χ3v) is 35.5. The molecular formula is C134H172N10. The third-order valence-electron chi connectivity index (χ3n) is 35.5. The Morgan fingerprint density at radius 2 is 0.431 bits per heavy atom. The molecule has 0 aromatic heterocycles. The maximum absolute atomic E-state index is 8.80. The first-order valence-electron chi connectivity index (χ1n) is 59.6. The molecule has 0 amide bonds. The Bertz CT molecular complexity index is 7270. The second kappa shape index (κ2) is 41.2. The van der Waals surface area contributed by atoms with Crippen molar-refractivity contribution in [2.75, 3.05) is 49.0 Å². The maximum atomic E-state index is 8.80. The number of para-hydroxylation sites is 10. The predicted molar refractivity (Wildman–Crippen MR) is 621 cm³/mol. The Balaban J connectivity index is 0.000000139. The number of anilines is 10. The van der Waals surface area contributed by atoms with Crippen LogP contribution in [-0.4, -0.2) is 30.8 Å². The normalized spacial score (nSPS) is 26.3. The monoisotopic (exact) mass is 1940 g/mol. The highest BCUT2D eigenvalue weighted by Crippen LogP contribution is 2.68. The fourth-order valence-electron chi connectivity index (χ4n) is 29.2. The SMILES string of the molecule is C.C.C.C.C.[2H]C([2H])([2H])C1N(c2ccccc2C)C(C)=C2N1c1ccccc1C2(C)C.[2H]C([2H])([2H])C1N(c2ccccc2C)C(C)=C2N1c1ccccc1C2(C)C1CCCC1.[2H]C([2H])([2H])C1N(c2ccccc2C)C(C)=C2N1c1ccccc1C2(C)C1CCCCC1.[2H]C([2H])([2H])C1N(c2ccccc2C)C(C)=C2N1c1ccccc1C2(C)c1ccccc1.[2H]C([2H])([2H])C1N(c2ccccc2C)C(C)=C2N1c1ccccc1C2(C1CCCCC1)C1CCCCC1. The second-order valence-corrected chi connectivity index (χ2v) is 43.1. The van der Waals surface area contributed by atoms with Crippen LogP contribution in [0.4, 0.5) is 56.9 Å². The van der Waals surface area contributed by atoms with Gasteiger partial charge in [0.1, 0.15) is 30.8 Å². The Labute approximate surface area is 891 Å². The Morgan fingerprint density at radius 3 is 0.764 bits per heavy atom. The number of rotatable bonds is 10. The lowest BCUT2D eigenvalue weighted by molar-refractivity contribution is 0.134. The zero-order valence-electron chi connectivity index (χ0n) is 99.6. The molecule has 11 aromatic carbocycles. The van der Waals surface area contributed by atoms with Crippen molar-refractivity contribution in [1.82, 2.24) is 0 Å². The van der Waals surface area contributed by atoms with Crippen molar-refractivity contribution in [2.24, 2.45) is 23.7 Å². The van der Waals surface area contributed by atoms with Gasteiger partial charge in [-0.25, -0.2) is 0 Å². The largest absolute Gasteiger partial charge is 0.322 e. The zero-order valence-corrected chi connectivity index (χ0v) is 84.6. The molecule has 8 unspecified atom stereocenters. The molecule has 8 atom stereocenters. The first-order valence-corrected chi connectivity index (χ1v) is 52.1. The van der Waals surface area contributed by atoms with Crippen LogP contribution in [0.1, 0.15) is 344 Å². The highest BCUT2D eigenvalue weighted by molar-refractivity contribution is 5.86. The number of benzene rings is 11. The van der Waals surface area contributed by atoms with E-state index in [0.29, 0.717) is 23.7 Å². The van der Waals surface area contributed by atoms with E-state index >= 15 is 0 Å². The summed E-state index contributed by atoms with van der Waals surface area (Å²) < 4.78 is 128. The highest BCUT2D eigenvalue weighted by Gasteiger charge is 2.63. The van der Waals surface area contributed by atoms with Gasteiger partial charge in [-0.1, -0.05) is 334 Å². The summed E-state index contributed by atoms with van der Waals surface area (Å²) in [5.74, 6) is 2.22. The molecule has 0 N–H and O–H groups in total. The van der Waals surface area contributed by atoms with E-state index in [4.69, 9.17) is 20.6 Å². The number of allylic oxidation sites excluding steroid dienone is 10. The Kier molecular flexibility index (Phi) is 24.7. The average molecular weight is 1940 g/mol. The van der Waals surface area contributed by atoms with Crippen LogP contribution in [-0.2, 0) is 27.1 Å². The predicted octanol–water partition coefficient (Wildman–Crippen LogP) is 36.0. The summed E-state index contributed by atoms with van der Waals surface area (Å²) in [6.45, 7) is 21.4. The molecule has 4 fully saturated rings. The summed E-state index contributed by atoms with van der Waals surface area (Å²) in [6.07, 6.45) is 20.3. The molecule has 4 saturated carbocycles. The summed E-state index contributed by atoms with van der Waals surface area (Å²) in [5, 5.41) is 0. The van der Waals surface area contributed by atoms with Crippen molar-refractivity contribution in [3.8, 4) is 0 Å². The number of hydrogen-bond donors (Lipinski definition) is 0. The molecule has 758 valence electrons. The van der Waals surface area contributed by atoms with E-state index in [-0.39, 0.29) is 58.8 Å². The van der Waals surface area contributed by atoms with E-state index < -0.39 is 70.5 Å². The first-order chi connectivity index (χ1) is 73.3. The Hall–Kier alpha value is -11.9. The second-order valence-electron chi connectivity index (χ2n) is 43.1. The van der Waals surface area contributed by atoms with Gasteiger partial charge in [0.2, 0.25) is 0 Å². The molecule has 25 rings (SSSR count). The zero-order chi connectivity index (χ0) is 109. The summed E-state index contributed by atoms with van der Waals surface area (Å²) in [7, 11) is 0. The van der Waals surface area contributed by atoms with Gasteiger partial charge in [-0.2, -0.15) is 0 Å². The number of hydrogen-bond acceptors (Lipinski definition) is 10. The fraction of sp³-hybridized carbons (Fsp3) is 0.433. The van der Waals surface area contributed by atoms with Crippen LogP contribution in [0.3, 0.4) is 0 Å². The van der Waals surface area contributed by atoms with E-state index in [2.05, 4.69) is 257 Å². The van der Waals surface area contributed by atoms with Crippen molar-refractivity contribution in [1.29, 1.82) is 0 Å². The van der Waals surface area contributed by atoms with Crippen molar-refractivity contribution in [3.63, 3.8) is 0 Å². The number of nitrogens with zero attached hydrogens (tertiary/aromatic N) is 10. The highest BCUT2D eigenvalue weighted by atomic mass is 15.5. The lowest BCUT2D eigenvalue weighted by Crippen LogP contribution is -2.46. The quantitative estimate of drug-likeness (QED) is 0.132. The van der Waals surface area contributed by atoms with Crippen LogP contribution >= 0.6 is 0 Å². The van der Waals surface area contributed by atoms with Crippen LogP contribution in [0, 0.1) is 58.3 Å². The van der Waals surface area contributed by atoms with Crippen LogP contribution in [0.5, 0.6) is 0 Å². The first kappa shape index (κ1) is 86.4. The smallest absolute Gasteiger partial charge is 0.108 e. The summed E-state index contributed by atoms with van der Waals surface area (Å²) >= 11 is 0. The maximum Gasteiger partial charge on any atom is 0.108 e. The van der Waals surface area contributed by atoms with Gasteiger partial charge in [-0.05, 0) is 321 Å². The molecule has 0 saturated heterocycles. The topological polar surface area (TPSA) is 32.4 Å². The minimum Gasteiger partial charge on any atom is -0.322 e. The van der Waals surface area contributed by atoms with Crippen LogP contribution in [0.2, 0.25) is 0 Å². The van der Waals surface area contributed by atoms with Crippen LogP contribution in [0.15, 0.2) is 330 Å². The molecule has 10 aliphatic heterocycles. The van der Waals surface area contributed by atoms with Crippen molar-refractivity contribution < 1.29 is 20.6 Å². The van der Waals surface area contributed by atoms with Gasteiger partial charge in [0.25, 0.3) is 0 Å². The van der Waals surface area contributed by atoms with E-state index in [9.17, 15) is 0 Å². The van der Waals surface area contributed by atoms with E-state index in [0.717, 1.165) is 136 Å². The average Bonchev–Trinajstić information content (AvgIpc) is 1.49. The standard InChI is InChI=1S/C31H40N2.C26H32N2.C26H26N2.C25H30N2.C21H24N2.5CH4/c1-22-14-10-12-20-28(22)32-23(2)30-31(25-15-6-4-7-16-25,26-17-8-5-9-18-26)27-19-11-13-21-29(27)33(30)24(32)3;2*1-18-12-8-10-16-23(18)27-19(2)25-26(4,21-13-6-5-7-14-21)22-15-9-11-17-24(22)28(25)20(27)3;1-17-11-5-9-15-22(17)26-18(2)24-25(4,20-12-6-7-13-20)21-14-8-10-16-23(21)27(24)19(26)3;1-14-10-6-8-12-18(14)22-15(2)20-21(4,5)17-11-7-9-13-19(17)23(20)16(22)3;;;;;/h10-14,19-21,24-26H,4-9,15-18H2,1-3H3;8-12,15-17,20-21H,5-7,13-14H2,1-4H3;5-17,20H,1-4H3;5,8-11,14-16,19-20H,6-7,12-13H2,1-4H3;6-13,16H,1-5H3;5*1H4/i5*3D3;;;;;. The van der Waals surface area contributed by atoms with Crippen LogP contribution < -0.4 is 49.0 Å². The molecule has 14 aliphatic rings. The molecule has 10 heteroatoms. The van der Waals surface area contributed by atoms with Crippen LogP contribution in [0.25, 0.3) is 0 Å².